The number of carbonyl (C=O) groups is 1. The molecule has 2 rings (SSSR count). The van der Waals surface area contributed by atoms with Crippen molar-refractivity contribution in [3.8, 4) is 0 Å². The van der Waals surface area contributed by atoms with Crippen molar-refractivity contribution in [1.82, 2.24) is 4.98 Å². The molecule has 0 fully saturated rings. The van der Waals surface area contributed by atoms with Gasteiger partial charge in [0.1, 0.15) is 0 Å². The molecule has 0 unspecified atom stereocenters. The molecule has 1 N–H and O–H groups in total. The van der Waals surface area contributed by atoms with Crippen molar-refractivity contribution in [3.05, 3.63) is 16.6 Å². The Kier molecular flexibility index (Phi) is 3.62. The van der Waals surface area contributed by atoms with Gasteiger partial charge in [0.05, 0.1) is 5.69 Å². The molecular weight excluding hydrogens is 232 g/mol. The predicted molar refractivity (Wildman–Crippen MR) is 72.3 cm³/mol. The molecule has 1 aliphatic rings. The van der Waals surface area contributed by atoms with Crippen molar-refractivity contribution in [2.24, 2.45) is 0 Å². The number of nitrogens with zero attached hydrogens (tertiary/aromatic N) is 1. The molecule has 1 aliphatic carbocycles. The van der Waals surface area contributed by atoms with E-state index in [1.165, 1.54) is 23.8 Å². The third-order valence-corrected chi connectivity index (χ3v) is 4.08. The Balaban J connectivity index is 2.34. The van der Waals surface area contributed by atoms with Gasteiger partial charge in [-0.25, -0.2) is 4.98 Å². The number of anilines is 1. The lowest BCUT2D eigenvalue weighted by atomic mass is 10.1. The fourth-order valence-corrected chi connectivity index (χ4v) is 3.09. The van der Waals surface area contributed by atoms with Gasteiger partial charge in [-0.3, -0.25) is 4.79 Å². The molecule has 0 aliphatic heterocycles. The number of amides is 1. The van der Waals surface area contributed by atoms with Crippen LogP contribution in [0, 0.1) is 0 Å². The van der Waals surface area contributed by atoms with Crippen LogP contribution in [0.15, 0.2) is 6.08 Å². The number of aromatic nitrogens is 1. The van der Waals surface area contributed by atoms with E-state index in [9.17, 15) is 4.79 Å². The van der Waals surface area contributed by atoms with Gasteiger partial charge < -0.3 is 5.32 Å². The van der Waals surface area contributed by atoms with E-state index < -0.39 is 0 Å². The van der Waals surface area contributed by atoms with Crippen LogP contribution in [-0.2, 0) is 4.79 Å². The predicted octanol–water partition coefficient (Wildman–Crippen LogP) is 3.79. The molecule has 0 saturated carbocycles. The van der Waals surface area contributed by atoms with E-state index in [1.54, 1.807) is 11.3 Å². The number of rotatable bonds is 3. The SMILES string of the molecule is CC(=O)Nc1nc(C2=CCCC2)c(C(C)C)s1. The quantitative estimate of drug-likeness (QED) is 0.886. The second-order valence-electron chi connectivity index (χ2n) is 4.69. The van der Waals surface area contributed by atoms with Crippen LogP contribution in [-0.4, -0.2) is 10.9 Å². The van der Waals surface area contributed by atoms with E-state index in [-0.39, 0.29) is 5.91 Å². The first-order chi connectivity index (χ1) is 8.08. The fraction of sp³-hybridized carbons (Fsp3) is 0.538. The minimum atomic E-state index is -0.0546. The first-order valence-corrected chi connectivity index (χ1v) is 6.87. The maximum atomic E-state index is 11.1. The van der Waals surface area contributed by atoms with Gasteiger partial charge in [-0.05, 0) is 30.8 Å². The summed E-state index contributed by atoms with van der Waals surface area (Å²) in [5.74, 6) is 0.396. The van der Waals surface area contributed by atoms with Gasteiger partial charge in [0.2, 0.25) is 5.91 Å². The van der Waals surface area contributed by atoms with Crippen LogP contribution in [0.1, 0.15) is 56.5 Å². The molecule has 1 heterocycles. The lowest BCUT2D eigenvalue weighted by molar-refractivity contribution is -0.114. The highest BCUT2D eigenvalue weighted by molar-refractivity contribution is 7.16. The summed E-state index contributed by atoms with van der Waals surface area (Å²) in [6.45, 7) is 5.86. The zero-order valence-electron chi connectivity index (χ0n) is 10.5. The number of carbonyl (C=O) groups excluding carboxylic acids is 1. The molecule has 1 aromatic heterocycles. The van der Waals surface area contributed by atoms with Crippen molar-refractivity contribution in [3.63, 3.8) is 0 Å². The summed E-state index contributed by atoms with van der Waals surface area (Å²) >= 11 is 1.60. The normalized spacial score (nSPS) is 15.2. The van der Waals surface area contributed by atoms with Crippen LogP contribution in [0.25, 0.3) is 5.57 Å². The molecule has 0 spiro atoms. The molecule has 1 amide bonds. The van der Waals surface area contributed by atoms with E-state index in [1.807, 2.05) is 0 Å². The van der Waals surface area contributed by atoms with E-state index >= 15 is 0 Å². The summed E-state index contributed by atoms with van der Waals surface area (Å²) < 4.78 is 0. The van der Waals surface area contributed by atoms with Crippen molar-refractivity contribution in [2.45, 2.75) is 46.0 Å². The summed E-state index contributed by atoms with van der Waals surface area (Å²) in [7, 11) is 0. The zero-order valence-corrected chi connectivity index (χ0v) is 11.4. The van der Waals surface area contributed by atoms with E-state index in [4.69, 9.17) is 0 Å². The monoisotopic (exact) mass is 250 g/mol. The Morgan fingerprint density at radius 3 is 2.82 bits per heavy atom. The molecule has 0 atom stereocenters. The lowest BCUT2D eigenvalue weighted by Gasteiger charge is -2.05. The van der Waals surface area contributed by atoms with Crippen molar-refractivity contribution in [2.75, 3.05) is 5.32 Å². The third-order valence-electron chi connectivity index (χ3n) is 2.81. The molecule has 3 nitrogen and oxygen atoms in total. The summed E-state index contributed by atoms with van der Waals surface area (Å²) in [5.41, 5.74) is 2.45. The Morgan fingerprint density at radius 2 is 2.29 bits per heavy atom. The highest BCUT2D eigenvalue weighted by Crippen LogP contribution is 2.37. The second-order valence-corrected chi connectivity index (χ2v) is 5.72. The molecular formula is C13H18N2OS. The van der Waals surface area contributed by atoms with Crippen LogP contribution in [0.3, 0.4) is 0 Å². The highest BCUT2D eigenvalue weighted by atomic mass is 32.1. The number of hydrogen-bond acceptors (Lipinski definition) is 3. The van der Waals surface area contributed by atoms with Crippen LogP contribution < -0.4 is 5.32 Å². The van der Waals surface area contributed by atoms with Crippen molar-refractivity contribution in [1.29, 1.82) is 0 Å². The van der Waals surface area contributed by atoms with Crippen molar-refractivity contribution >= 4 is 27.9 Å². The van der Waals surface area contributed by atoms with Gasteiger partial charge in [0, 0.05) is 11.8 Å². The first-order valence-electron chi connectivity index (χ1n) is 6.05. The molecule has 92 valence electrons. The topological polar surface area (TPSA) is 42.0 Å². The molecule has 0 radical (unpaired) electrons. The Labute approximate surface area is 106 Å². The van der Waals surface area contributed by atoms with Gasteiger partial charge >= 0.3 is 0 Å². The number of hydrogen-bond donors (Lipinski definition) is 1. The van der Waals surface area contributed by atoms with Gasteiger partial charge in [-0.2, -0.15) is 0 Å². The van der Waals surface area contributed by atoms with Crippen LogP contribution in [0.4, 0.5) is 5.13 Å². The summed E-state index contributed by atoms with van der Waals surface area (Å²) in [6, 6.07) is 0. The van der Waals surface area contributed by atoms with Gasteiger partial charge in [-0.15, -0.1) is 11.3 Å². The van der Waals surface area contributed by atoms with Gasteiger partial charge in [0.15, 0.2) is 5.13 Å². The smallest absolute Gasteiger partial charge is 0.223 e. The zero-order chi connectivity index (χ0) is 12.4. The number of allylic oxidation sites excluding steroid dienone is 2. The standard InChI is InChI=1S/C13H18N2OS/c1-8(2)12-11(10-6-4-5-7-10)15-13(17-12)14-9(3)16/h6,8H,4-5,7H2,1-3H3,(H,14,15,16). The van der Waals surface area contributed by atoms with E-state index in [0.29, 0.717) is 5.92 Å². The van der Waals surface area contributed by atoms with Gasteiger partial charge in [-0.1, -0.05) is 19.9 Å². The van der Waals surface area contributed by atoms with Crippen LogP contribution in [0.5, 0.6) is 0 Å². The molecule has 1 aromatic rings. The first kappa shape index (κ1) is 12.3. The molecule has 0 aromatic carbocycles. The summed E-state index contributed by atoms with van der Waals surface area (Å²) in [4.78, 5) is 16.9. The highest BCUT2D eigenvalue weighted by Gasteiger charge is 2.19. The number of thiazole rings is 1. The third kappa shape index (κ3) is 2.75. The minimum absolute atomic E-state index is 0.0546. The largest absolute Gasteiger partial charge is 0.302 e. The van der Waals surface area contributed by atoms with E-state index in [0.717, 1.165) is 23.7 Å². The molecule has 17 heavy (non-hydrogen) atoms. The fourth-order valence-electron chi connectivity index (χ4n) is 2.04. The summed E-state index contributed by atoms with van der Waals surface area (Å²) in [6.07, 6.45) is 5.77. The van der Waals surface area contributed by atoms with Crippen LogP contribution in [0.2, 0.25) is 0 Å². The van der Waals surface area contributed by atoms with Crippen molar-refractivity contribution < 1.29 is 4.79 Å². The average molecular weight is 250 g/mol. The maximum Gasteiger partial charge on any atom is 0.223 e. The second kappa shape index (κ2) is 5.00. The molecule has 4 heteroatoms. The Hall–Kier alpha value is -1.16. The number of nitrogens with one attached hydrogen (secondary N) is 1. The summed E-state index contributed by atoms with van der Waals surface area (Å²) in [5, 5.41) is 3.51. The Morgan fingerprint density at radius 1 is 1.53 bits per heavy atom. The van der Waals surface area contributed by atoms with E-state index in [2.05, 4.69) is 30.2 Å². The Bertz CT molecular complexity index is 460. The van der Waals surface area contributed by atoms with Crippen LogP contribution >= 0.6 is 11.3 Å². The maximum absolute atomic E-state index is 11.1. The molecule has 0 saturated heterocycles. The lowest BCUT2D eigenvalue weighted by Crippen LogP contribution is -2.05. The minimum Gasteiger partial charge on any atom is -0.302 e. The van der Waals surface area contributed by atoms with Gasteiger partial charge in [0.25, 0.3) is 0 Å². The molecule has 0 bridgehead atoms. The average Bonchev–Trinajstić information content (AvgIpc) is 2.82.